The van der Waals surface area contributed by atoms with Crippen LogP contribution in [0.15, 0.2) is 48.7 Å². The largest absolute Gasteiger partial charge is 0.503 e. The van der Waals surface area contributed by atoms with E-state index in [0.717, 1.165) is 0 Å². The summed E-state index contributed by atoms with van der Waals surface area (Å²) < 4.78 is 50.5. The maximum atomic E-state index is 14.1. The fourth-order valence-electron chi connectivity index (χ4n) is 4.40. The van der Waals surface area contributed by atoms with E-state index in [1.807, 2.05) is 0 Å². The van der Waals surface area contributed by atoms with Crippen molar-refractivity contribution in [1.82, 2.24) is 4.98 Å². The molecule has 0 aliphatic heterocycles. The van der Waals surface area contributed by atoms with E-state index in [1.165, 1.54) is 62.7 Å². The van der Waals surface area contributed by atoms with Crippen LogP contribution in [0.5, 0.6) is 23.0 Å². The number of halogens is 2. The molecule has 0 saturated heterocycles. The van der Waals surface area contributed by atoms with Crippen molar-refractivity contribution in [2.45, 2.75) is 46.1 Å². The van der Waals surface area contributed by atoms with Crippen molar-refractivity contribution >= 4 is 11.8 Å². The third-order valence-corrected chi connectivity index (χ3v) is 6.26. The van der Waals surface area contributed by atoms with Crippen molar-refractivity contribution < 1.29 is 42.4 Å². The van der Waals surface area contributed by atoms with E-state index in [1.54, 1.807) is 20.8 Å². The summed E-state index contributed by atoms with van der Waals surface area (Å²) >= 11 is 0. The zero-order valence-corrected chi connectivity index (χ0v) is 23.1. The second-order valence-electron chi connectivity index (χ2n) is 9.09. The van der Waals surface area contributed by atoms with Crippen LogP contribution in [0.2, 0.25) is 0 Å². The molecule has 0 saturated carbocycles. The molecule has 1 aromatic heterocycles. The topological polar surface area (TPSA) is 104 Å². The summed E-state index contributed by atoms with van der Waals surface area (Å²) in [6, 6.07) is 9.45. The zero-order valence-electron chi connectivity index (χ0n) is 23.1. The van der Waals surface area contributed by atoms with Crippen molar-refractivity contribution in [3.8, 4) is 23.0 Å². The maximum Gasteiger partial charge on any atom is 0.309 e. The van der Waals surface area contributed by atoms with Gasteiger partial charge in [0.2, 0.25) is 0 Å². The molecule has 0 unspecified atom stereocenters. The highest BCUT2D eigenvalue weighted by molar-refractivity contribution is 5.99. The number of hydrogen-bond acceptors (Lipinski definition) is 8. The molecule has 1 N–H and O–H groups in total. The SMILES string of the molecule is CCOc1cc(F)ccc1C(c1ccc(F)cc1OCC)[C@H](C)OC(=O)[C@H](C)CC(=O)c1nccc(OC)c1O. The molecule has 8 nitrogen and oxygen atoms in total. The molecule has 0 radical (unpaired) electrons. The van der Waals surface area contributed by atoms with Crippen molar-refractivity contribution in [2.24, 2.45) is 5.92 Å². The number of carbonyl (C=O) groups is 2. The molecule has 2 aromatic carbocycles. The normalized spacial score (nSPS) is 12.5. The summed E-state index contributed by atoms with van der Waals surface area (Å²) in [7, 11) is 1.34. The molecule has 214 valence electrons. The summed E-state index contributed by atoms with van der Waals surface area (Å²) in [5, 5.41) is 10.3. The van der Waals surface area contributed by atoms with E-state index < -0.39 is 47.1 Å². The van der Waals surface area contributed by atoms with Gasteiger partial charge in [0.25, 0.3) is 0 Å². The summed E-state index contributed by atoms with van der Waals surface area (Å²) in [5.74, 6) is -3.77. The Morgan fingerprint density at radius 2 is 1.45 bits per heavy atom. The molecule has 0 bridgehead atoms. The van der Waals surface area contributed by atoms with Crippen molar-refractivity contribution in [1.29, 1.82) is 0 Å². The van der Waals surface area contributed by atoms with E-state index in [0.29, 0.717) is 11.1 Å². The average Bonchev–Trinajstić information content (AvgIpc) is 2.91. The number of pyridine rings is 1. The van der Waals surface area contributed by atoms with Crippen LogP contribution in [0.1, 0.15) is 61.6 Å². The number of rotatable bonds is 13. The number of benzene rings is 2. The fourth-order valence-corrected chi connectivity index (χ4v) is 4.40. The van der Waals surface area contributed by atoms with E-state index >= 15 is 0 Å². The number of ether oxygens (including phenoxy) is 4. The highest BCUT2D eigenvalue weighted by atomic mass is 19.1. The number of ketones is 1. The molecular formula is C30H33F2NO7. The Hall–Kier alpha value is -4.21. The van der Waals surface area contributed by atoms with Crippen LogP contribution in [0.25, 0.3) is 0 Å². The standard InChI is InChI=1S/C30H33F2NO7/c1-6-38-25-15-19(31)8-10-21(25)27(22-11-9-20(32)16-26(22)39-7-2)18(4)40-30(36)17(3)14-23(34)28-29(35)24(37-5)12-13-33-28/h8-13,15-18,27,35H,6-7,14H2,1-5H3/t17-,18+/m1/s1. The van der Waals surface area contributed by atoms with Crippen LogP contribution in [-0.2, 0) is 9.53 Å². The van der Waals surface area contributed by atoms with Gasteiger partial charge in [0.1, 0.15) is 29.2 Å². The quantitative estimate of drug-likeness (QED) is 0.206. The number of aromatic hydroxyl groups is 1. The maximum absolute atomic E-state index is 14.1. The molecular weight excluding hydrogens is 524 g/mol. The number of carbonyl (C=O) groups excluding carboxylic acids is 2. The lowest BCUT2D eigenvalue weighted by atomic mass is 9.85. The van der Waals surface area contributed by atoms with E-state index in [4.69, 9.17) is 18.9 Å². The first-order valence-electron chi connectivity index (χ1n) is 12.9. The van der Waals surface area contributed by atoms with E-state index in [9.17, 15) is 23.5 Å². The van der Waals surface area contributed by atoms with Gasteiger partial charge in [-0.2, -0.15) is 0 Å². The van der Waals surface area contributed by atoms with Gasteiger partial charge >= 0.3 is 5.97 Å². The van der Waals surface area contributed by atoms with Gasteiger partial charge in [-0.05, 0) is 32.9 Å². The number of methoxy groups -OCH3 is 1. The molecule has 0 aliphatic carbocycles. The smallest absolute Gasteiger partial charge is 0.309 e. The first-order chi connectivity index (χ1) is 19.1. The minimum Gasteiger partial charge on any atom is -0.503 e. The summed E-state index contributed by atoms with van der Waals surface area (Å²) in [6.07, 6.45) is 0.159. The summed E-state index contributed by atoms with van der Waals surface area (Å²) in [5.41, 5.74) is 0.793. The lowest BCUT2D eigenvalue weighted by Gasteiger charge is -2.29. The number of aromatic nitrogens is 1. The van der Waals surface area contributed by atoms with Gasteiger partial charge in [-0.25, -0.2) is 13.8 Å². The van der Waals surface area contributed by atoms with Gasteiger partial charge in [0.15, 0.2) is 23.0 Å². The monoisotopic (exact) mass is 557 g/mol. The number of hydrogen-bond donors (Lipinski definition) is 1. The van der Waals surface area contributed by atoms with Gasteiger partial charge in [-0.3, -0.25) is 9.59 Å². The van der Waals surface area contributed by atoms with Gasteiger partial charge in [-0.1, -0.05) is 19.1 Å². The third kappa shape index (κ3) is 7.05. The Kier molecular flexibility index (Phi) is 10.4. The molecule has 3 aromatic rings. The van der Waals surface area contributed by atoms with Gasteiger partial charge in [0.05, 0.1) is 32.2 Å². The molecule has 1 heterocycles. The minimum atomic E-state index is -0.901. The molecule has 0 aliphatic rings. The lowest BCUT2D eigenvalue weighted by molar-refractivity contribution is -0.153. The summed E-state index contributed by atoms with van der Waals surface area (Å²) in [4.78, 5) is 29.9. The van der Waals surface area contributed by atoms with Crippen LogP contribution < -0.4 is 14.2 Å². The van der Waals surface area contributed by atoms with Crippen molar-refractivity contribution in [3.63, 3.8) is 0 Å². The molecule has 0 spiro atoms. The highest BCUT2D eigenvalue weighted by Gasteiger charge is 2.32. The zero-order chi connectivity index (χ0) is 29.4. The van der Waals surface area contributed by atoms with Gasteiger partial charge in [-0.15, -0.1) is 0 Å². The fraction of sp³-hybridized carbons (Fsp3) is 0.367. The number of Topliss-reactive ketones (excluding diaryl/α,β-unsaturated/α-hetero) is 1. The van der Waals surface area contributed by atoms with E-state index in [2.05, 4.69) is 4.98 Å². The first-order valence-corrected chi connectivity index (χ1v) is 12.9. The van der Waals surface area contributed by atoms with Crippen molar-refractivity contribution in [2.75, 3.05) is 20.3 Å². The Morgan fingerprint density at radius 1 is 0.900 bits per heavy atom. The Morgan fingerprint density at radius 3 is 1.95 bits per heavy atom. The Labute approximate surface area is 231 Å². The predicted molar refractivity (Wildman–Crippen MR) is 143 cm³/mol. The van der Waals surface area contributed by atoms with Crippen LogP contribution >= 0.6 is 0 Å². The van der Waals surface area contributed by atoms with Crippen molar-refractivity contribution in [3.05, 3.63) is 77.1 Å². The Balaban J connectivity index is 1.93. The summed E-state index contributed by atoms with van der Waals surface area (Å²) in [6.45, 7) is 7.18. The van der Waals surface area contributed by atoms with Crippen LogP contribution in [0, 0.1) is 17.6 Å². The second kappa shape index (κ2) is 13.7. The number of esters is 1. The van der Waals surface area contributed by atoms with Gasteiger partial charge in [0, 0.05) is 41.9 Å². The predicted octanol–water partition coefficient (Wildman–Crippen LogP) is 5.84. The molecule has 3 rings (SSSR count). The van der Waals surface area contributed by atoms with Crippen LogP contribution in [0.4, 0.5) is 8.78 Å². The molecule has 40 heavy (non-hydrogen) atoms. The molecule has 10 heteroatoms. The number of nitrogens with zero attached hydrogens (tertiary/aromatic N) is 1. The highest BCUT2D eigenvalue weighted by Crippen LogP contribution is 2.41. The van der Waals surface area contributed by atoms with Crippen LogP contribution in [0.3, 0.4) is 0 Å². The molecule has 0 amide bonds. The first kappa shape index (κ1) is 30.3. The Bertz CT molecular complexity index is 1290. The molecule has 2 atom stereocenters. The van der Waals surface area contributed by atoms with Crippen LogP contribution in [-0.4, -0.2) is 48.3 Å². The third-order valence-electron chi connectivity index (χ3n) is 6.26. The minimum absolute atomic E-state index is 0.0823. The van der Waals surface area contributed by atoms with E-state index in [-0.39, 0.29) is 42.6 Å². The lowest BCUT2D eigenvalue weighted by Crippen LogP contribution is -2.28. The average molecular weight is 558 g/mol. The molecule has 0 fully saturated rings. The second-order valence-corrected chi connectivity index (χ2v) is 9.09. The van der Waals surface area contributed by atoms with Gasteiger partial charge < -0.3 is 24.1 Å².